The van der Waals surface area contributed by atoms with Gasteiger partial charge in [0.15, 0.2) is 0 Å². The topological polar surface area (TPSA) is 80.7 Å². The van der Waals surface area contributed by atoms with Crippen molar-refractivity contribution in [2.45, 2.75) is 64.7 Å². The normalized spacial score (nSPS) is 11.6. The van der Waals surface area contributed by atoms with E-state index < -0.39 is 16.1 Å². The molecule has 0 aromatic heterocycles. The minimum Gasteiger partial charge on any atom is -0.481 e. The van der Waals surface area contributed by atoms with E-state index in [0.29, 0.717) is 6.42 Å². The van der Waals surface area contributed by atoms with E-state index in [1.165, 1.54) is 25.7 Å². The van der Waals surface area contributed by atoms with E-state index in [2.05, 4.69) is 11.1 Å². The Labute approximate surface area is 116 Å². The summed E-state index contributed by atoms with van der Waals surface area (Å²) in [6, 6.07) is 0. The summed E-state index contributed by atoms with van der Waals surface area (Å²) in [6.45, 7) is 1.91. The van der Waals surface area contributed by atoms with E-state index in [1.54, 1.807) is 0 Å². The number of rotatable bonds is 13. The number of hydrogen-bond donors (Lipinski definition) is 1. The Bertz CT molecular complexity index is 324. The zero-order valence-electron chi connectivity index (χ0n) is 11.8. The molecule has 0 fully saturated rings. The van der Waals surface area contributed by atoms with Gasteiger partial charge in [0.05, 0.1) is 18.8 Å². The van der Waals surface area contributed by atoms with Gasteiger partial charge in [0, 0.05) is 0 Å². The fourth-order valence-electron chi connectivity index (χ4n) is 1.73. The highest BCUT2D eigenvalue weighted by Gasteiger charge is 2.11. The first kappa shape index (κ1) is 18.4. The molecule has 0 aromatic carbocycles. The van der Waals surface area contributed by atoms with Gasteiger partial charge in [-0.15, -0.1) is 0 Å². The Morgan fingerprint density at radius 2 is 1.53 bits per heavy atom. The van der Waals surface area contributed by atoms with Crippen molar-refractivity contribution in [3.63, 3.8) is 0 Å². The lowest BCUT2D eigenvalue weighted by Crippen LogP contribution is -2.13. The molecule has 114 valence electrons. The molecule has 0 atom stereocenters. The fraction of sp³-hybridized carbons (Fsp3) is 0.923. The predicted octanol–water partition coefficient (Wildman–Crippen LogP) is 2.95. The fourth-order valence-corrected chi connectivity index (χ4v) is 2.74. The highest BCUT2D eigenvalue weighted by atomic mass is 32.2. The van der Waals surface area contributed by atoms with Gasteiger partial charge < -0.3 is 5.11 Å². The summed E-state index contributed by atoms with van der Waals surface area (Å²) >= 11 is 0. The predicted molar refractivity (Wildman–Crippen MR) is 74.6 cm³/mol. The monoisotopic (exact) mass is 294 g/mol. The van der Waals surface area contributed by atoms with Gasteiger partial charge in [-0.3, -0.25) is 8.98 Å². The average molecular weight is 294 g/mol. The molecule has 0 saturated carbocycles. The van der Waals surface area contributed by atoms with Crippen LogP contribution in [0.3, 0.4) is 0 Å². The lowest BCUT2D eigenvalue weighted by Gasteiger charge is -2.04. The van der Waals surface area contributed by atoms with Gasteiger partial charge in [0.1, 0.15) is 0 Å². The molecule has 0 aliphatic heterocycles. The van der Waals surface area contributed by atoms with Crippen molar-refractivity contribution in [3.05, 3.63) is 0 Å². The molecule has 6 heteroatoms. The van der Waals surface area contributed by atoms with E-state index in [9.17, 15) is 13.2 Å². The van der Waals surface area contributed by atoms with E-state index >= 15 is 0 Å². The summed E-state index contributed by atoms with van der Waals surface area (Å²) in [6.07, 6.45) is 8.36. The van der Waals surface area contributed by atoms with Gasteiger partial charge in [-0.1, -0.05) is 51.9 Å². The molecule has 0 radical (unpaired) electrons. The van der Waals surface area contributed by atoms with E-state index in [1.807, 2.05) is 0 Å². The summed E-state index contributed by atoms with van der Waals surface area (Å²) in [5, 5.41) is 8.37. The van der Waals surface area contributed by atoms with Crippen molar-refractivity contribution in [2.75, 3.05) is 12.4 Å². The van der Waals surface area contributed by atoms with Crippen molar-refractivity contribution < 1.29 is 22.5 Å². The molecule has 0 aromatic rings. The number of unbranched alkanes of at least 4 members (excludes halogenated alkanes) is 7. The number of carbonyl (C=O) groups is 1. The summed E-state index contributed by atoms with van der Waals surface area (Å²) in [5.74, 6) is -1.07. The Morgan fingerprint density at radius 1 is 1.00 bits per heavy atom. The minimum atomic E-state index is -3.54. The van der Waals surface area contributed by atoms with Crippen LogP contribution in [0, 0.1) is 0 Å². The second kappa shape index (κ2) is 11.2. The van der Waals surface area contributed by atoms with Crippen LogP contribution in [0.2, 0.25) is 0 Å². The zero-order chi connectivity index (χ0) is 14.6. The van der Waals surface area contributed by atoms with Gasteiger partial charge in [-0.25, -0.2) is 0 Å². The maximum absolute atomic E-state index is 11.4. The Hall–Kier alpha value is -0.620. The van der Waals surface area contributed by atoms with Crippen LogP contribution in [-0.2, 0) is 19.1 Å². The highest BCUT2D eigenvalue weighted by Crippen LogP contribution is 2.09. The van der Waals surface area contributed by atoms with Crippen molar-refractivity contribution in [3.8, 4) is 0 Å². The van der Waals surface area contributed by atoms with E-state index in [0.717, 1.165) is 19.3 Å². The second-order valence-corrected chi connectivity index (χ2v) is 6.46. The minimum absolute atomic E-state index is 0.0123. The van der Waals surface area contributed by atoms with E-state index in [-0.39, 0.29) is 18.8 Å². The van der Waals surface area contributed by atoms with Crippen LogP contribution in [0.25, 0.3) is 0 Å². The molecule has 0 aliphatic rings. The first-order valence-corrected chi connectivity index (χ1v) is 8.64. The van der Waals surface area contributed by atoms with Crippen molar-refractivity contribution in [1.82, 2.24) is 0 Å². The lowest BCUT2D eigenvalue weighted by atomic mass is 10.1. The van der Waals surface area contributed by atoms with Crippen LogP contribution in [0.1, 0.15) is 64.7 Å². The van der Waals surface area contributed by atoms with E-state index in [4.69, 9.17) is 5.11 Å². The number of hydrogen-bond acceptors (Lipinski definition) is 4. The first-order valence-electron chi connectivity index (χ1n) is 7.07. The third-order valence-corrected chi connectivity index (χ3v) is 4.14. The molecule has 0 rings (SSSR count). The van der Waals surface area contributed by atoms with Crippen molar-refractivity contribution >= 4 is 16.1 Å². The maximum atomic E-state index is 11.4. The first-order chi connectivity index (χ1) is 8.98. The Kier molecular flexibility index (Phi) is 10.9. The van der Waals surface area contributed by atoms with Crippen LogP contribution in [0.4, 0.5) is 0 Å². The van der Waals surface area contributed by atoms with Crippen LogP contribution in [-0.4, -0.2) is 31.9 Å². The average Bonchev–Trinajstić information content (AvgIpc) is 2.31. The number of carboxylic acids is 1. The molecular weight excluding hydrogens is 268 g/mol. The van der Waals surface area contributed by atoms with Crippen LogP contribution < -0.4 is 0 Å². The van der Waals surface area contributed by atoms with Gasteiger partial charge in [-0.2, -0.15) is 8.42 Å². The molecule has 0 heterocycles. The van der Waals surface area contributed by atoms with Crippen molar-refractivity contribution in [1.29, 1.82) is 0 Å². The van der Waals surface area contributed by atoms with Crippen LogP contribution >= 0.6 is 0 Å². The largest absolute Gasteiger partial charge is 0.481 e. The SMILES string of the molecule is CCCCCCCCCCS(=O)(=O)OCCC(=O)O. The summed E-state index contributed by atoms with van der Waals surface area (Å²) < 4.78 is 27.3. The summed E-state index contributed by atoms with van der Waals surface area (Å²) in [5.41, 5.74) is 0. The third kappa shape index (κ3) is 13.6. The van der Waals surface area contributed by atoms with Gasteiger partial charge in [0.25, 0.3) is 10.1 Å². The molecule has 0 spiro atoms. The molecule has 1 N–H and O–H groups in total. The van der Waals surface area contributed by atoms with Gasteiger partial charge in [-0.05, 0) is 6.42 Å². The quantitative estimate of drug-likeness (QED) is 0.417. The van der Waals surface area contributed by atoms with Crippen molar-refractivity contribution in [2.24, 2.45) is 0 Å². The van der Waals surface area contributed by atoms with Crippen LogP contribution in [0.5, 0.6) is 0 Å². The lowest BCUT2D eigenvalue weighted by molar-refractivity contribution is -0.137. The molecular formula is C13H26O5S. The Morgan fingerprint density at radius 3 is 2.05 bits per heavy atom. The molecule has 19 heavy (non-hydrogen) atoms. The van der Waals surface area contributed by atoms with Gasteiger partial charge in [0.2, 0.25) is 0 Å². The third-order valence-electron chi connectivity index (χ3n) is 2.83. The summed E-state index contributed by atoms with van der Waals surface area (Å²) in [7, 11) is -3.54. The van der Waals surface area contributed by atoms with Crippen LogP contribution in [0.15, 0.2) is 0 Å². The zero-order valence-corrected chi connectivity index (χ0v) is 12.6. The molecule has 5 nitrogen and oxygen atoms in total. The molecule has 0 amide bonds. The second-order valence-electron chi connectivity index (χ2n) is 4.70. The molecule has 0 aliphatic carbocycles. The standard InChI is InChI=1S/C13H26O5S/c1-2-3-4-5-6-7-8-9-12-19(16,17)18-11-10-13(14)15/h2-12H2,1H3,(H,14,15). The Balaban J connectivity index is 3.45. The smallest absolute Gasteiger partial charge is 0.305 e. The highest BCUT2D eigenvalue weighted by molar-refractivity contribution is 7.86. The summed E-state index contributed by atoms with van der Waals surface area (Å²) in [4.78, 5) is 10.2. The molecule has 0 unspecified atom stereocenters. The maximum Gasteiger partial charge on any atom is 0.305 e. The number of aliphatic carboxylic acids is 1. The van der Waals surface area contributed by atoms with Gasteiger partial charge >= 0.3 is 5.97 Å². The number of carboxylic acid groups (broad SMARTS) is 1. The molecule has 0 bridgehead atoms. The molecule has 0 saturated heterocycles.